The third-order valence-electron chi connectivity index (χ3n) is 1.71. The average molecular weight is 253 g/mol. The number of aliphatic carboxylic acids is 1. The van der Waals surface area contributed by atoms with Crippen LogP contribution in [0.2, 0.25) is 0 Å². The van der Waals surface area contributed by atoms with Crippen molar-refractivity contribution in [2.75, 3.05) is 19.3 Å². The molecule has 16 heavy (non-hydrogen) atoms. The van der Waals surface area contributed by atoms with E-state index in [1.165, 1.54) is 7.05 Å². The van der Waals surface area contributed by atoms with Crippen LogP contribution in [0.4, 0.5) is 0 Å². The van der Waals surface area contributed by atoms with E-state index in [1.54, 1.807) is 0 Å². The van der Waals surface area contributed by atoms with Crippen LogP contribution in [0.5, 0.6) is 0 Å². The number of carboxylic acids is 1. The maximum absolute atomic E-state index is 11.1. The molecular weight excluding hydrogens is 238 g/mol. The van der Waals surface area contributed by atoms with E-state index in [-0.39, 0.29) is 12.3 Å². The molecule has 1 unspecified atom stereocenters. The first-order valence-electron chi connectivity index (χ1n) is 4.45. The molecule has 0 aromatic carbocycles. The Morgan fingerprint density at radius 2 is 2.00 bits per heavy atom. The smallest absolute Gasteiger partial charge is 0.305 e. The first-order valence-corrected chi connectivity index (χ1v) is 6.10. The molecule has 0 spiro atoms. The highest BCUT2D eigenvalue weighted by atomic mass is 32.2. The van der Waals surface area contributed by atoms with E-state index in [0.717, 1.165) is 0 Å². The summed E-state index contributed by atoms with van der Waals surface area (Å²) in [5.74, 6) is -2.16. The van der Waals surface area contributed by atoms with Gasteiger partial charge in [0.15, 0.2) is 0 Å². The number of sulfonamides is 1. The summed E-state index contributed by atoms with van der Waals surface area (Å²) in [7, 11) is -2.13. The number of carbonyl (C=O) groups excluding carboxylic acids is 1. The van der Waals surface area contributed by atoms with Crippen molar-refractivity contribution in [2.24, 2.45) is 5.73 Å². The lowest BCUT2D eigenvalue weighted by Crippen LogP contribution is -2.44. The van der Waals surface area contributed by atoms with Gasteiger partial charge in [-0.2, -0.15) is 0 Å². The Kier molecular flexibility index (Phi) is 5.93. The highest BCUT2D eigenvalue weighted by molar-refractivity contribution is 7.89. The molecule has 0 aromatic heterocycles. The van der Waals surface area contributed by atoms with Gasteiger partial charge in [0.05, 0.1) is 18.2 Å². The van der Waals surface area contributed by atoms with Crippen LogP contribution < -0.4 is 15.8 Å². The van der Waals surface area contributed by atoms with Gasteiger partial charge in [-0.25, -0.2) is 13.1 Å². The number of hydrogen-bond donors (Lipinski definition) is 4. The molecule has 0 bridgehead atoms. The number of carboxylic acid groups (broad SMARTS) is 1. The predicted octanol–water partition coefficient (Wildman–Crippen LogP) is -2.55. The number of hydrogen-bond acceptors (Lipinski definition) is 5. The number of nitrogens with one attached hydrogen (secondary N) is 2. The van der Waals surface area contributed by atoms with Gasteiger partial charge in [0, 0.05) is 6.54 Å². The molecule has 0 aliphatic heterocycles. The van der Waals surface area contributed by atoms with Crippen molar-refractivity contribution in [2.45, 2.75) is 12.5 Å². The zero-order chi connectivity index (χ0) is 12.8. The predicted molar refractivity (Wildman–Crippen MR) is 56.1 cm³/mol. The average Bonchev–Trinajstić information content (AvgIpc) is 2.16. The van der Waals surface area contributed by atoms with Gasteiger partial charge in [0.1, 0.15) is 0 Å². The van der Waals surface area contributed by atoms with Crippen LogP contribution in [0.3, 0.4) is 0 Å². The minimum Gasteiger partial charge on any atom is -0.481 e. The molecule has 0 aliphatic rings. The normalized spacial score (nSPS) is 13.1. The van der Waals surface area contributed by atoms with E-state index in [1.807, 2.05) is 0 Å². The molecule has 1 amide bonds. The van der Waals surface area contributed by atoms with Crippen molar-refractivity contribution in [1.82, 2.24) is 10.0 Å². The summed E-state index contributed by atoms with van der Waals surface area (Å²) in [5, 5.41) is 10.6. The van der Waals surface area contributed by atoms with Crippen LogP contribution in [0.15, 0.2) is 0 Å². The Morgan fingerprint density at radius 1 is 1.44 bits per heavy atom. The molecule has 94 valence electrons. The maximum Gasteiger partial charge on any atom is 0.305 e. The fourth-order valence-corrected chi connectivity index (χ4v) is 1.40. The molecular formula is C7H15N3O5S. The first kappa shape index (κ1) is 14.8. The number of nitrogens with two attached hydrogens (primary N) is 1. The molecule has 0 aromatic rings. The fourth-order valence-electron chi connectivity index (χ4n) is 0.823. The van der Waals surface area contributed by atoms with Crippen LogP contribution in [0, 0.1) is 0 Å². The van der Waals surface area contributed by atoms with E-state index in [2.05, 4.69) is 10.0 Å². The molecule has 0 rings (SSSR count). The molecule has 0 fully saturated rings. The summed E-state index contributed by atoms with van der Waals surface area (Å²) in [6.45, 7) is -0.116. The van der Waals surface area contributed by atoms with Crippen molar-refractivity contribution >= 4 is 21.9 Å². The highest BCUT2D eigenvalue weighted by Crippen LogP contribution is 1.88. The van der Waals surface area contributed by atoms with E-state index in [9.17, 15) is 18.0 Å². The minimum atomic E-state index is -3.39. The topological polar surface area (TPSA) is 139 Å². The summed E-state index contributed by atoms with van der Waals surface area (Å²) >= 11 is 0. The van der Waals surface area contributed by atoms with Gasteiger partial charge in [-0.15, -0.1) is 0 Å². The fraction of sp³-hybridized carbons (Fsp3) is 0.714. The van der Waals surface area contributed by atoms with Crippen LogP contribution in [0.1, 0.15) is 6.42 Å². The van der Waals surface area contributed by atoms with Gasteiger partial charge >= 0.3 is 5.97 Å². The zero-order valence-corrected chi connectivity index (χ0v) is 9.58. The molecule has 9 heteroatoms. The number of rotatable bonds is 7. The van der Waals surface area contributed by atoms with Crippen molar-refractivity contribution in [1.29, 1.82) is 0 Å². The third-order valence-corrected chi connectivity index (χ3v) is 3.08. The van der Waals surface area contributed by atoms with E-state index >= 15 is 0 Å². The molecule has 0 saturated carbocycles. The maximum atomic E-state index is 11.1. The van der Waals surface area contributed by atoms with Crippen LogP contribution >= 0.6 is 0 Å². The molecule has 0 saturated heterocycles. The molecule has 0 heterocycles. The van der Waals surface area contributed by atoms with E-state index in [4.69, 9.17) is 10.8 Å². The summed E-state index contributed by atoms with van der Waals surface area (Å²) in [4.78, 5) is 21.4. The second-order valence-corrected chi connectivity index (χ2v) is 5.06. The summed E-state index contributed by atoms with van der Waals surface area (Å²) in [6, 6.07) is -1.17. The molecule has 8 nitrogen and oxygen atoms in total. The lowest BCUT2D eigenvalue weighted by Gasteiger charge is -2.09. The standard InChI is InChI=1S/C7H15N3O5S/c1-9-16(14,15)3-2-10-7(13)5(8)4-6(11)12/h5,9H,2-4,8H2,1H3,(H,10,13)(H,11,12). The highest BCUT2D eigenvalue weighted by Gasteiger charge is 2.17. The SMILES string of the molecule is CNS(=O)(=O)CCNC(=O)C(N)CC(=O)O. The lowest BCUT2D eigenvalue weighted by molar-refractivity contribution is -0.139. The van der Waals surface area contributed by atoms with E-state index in [0.29, 0.717) is 0 Å². The second kappa shape index (κ2) is 6.40. The van der Waals surface area contributed by atoms with Crippen molar-refractivity contribution in [3.63, 3.8) is 0 Å². The Hall–Kier alpha value is -1.19. The van der Waals surface area contributed by atoms with Gasteiger partial charge in [-0.3, -0.25) is 9.59 Å². The summed E-state index contributed by atoms with van der Waals surface area (Å²) in [6.07, 6.45) is -0.495. The van der Waals surface area contributed by atoms with Gasteiger partial charge in [0.2, 0.25) is 15.9 Å². The van der Waals surface area contributed by atoms with Crippen LogP contribution in [-0.4, -0.2) is 50.8 Å². The first-order chi connectivity index (χ1) is 7.28. The molecule has 0 radical (unpaired) electrons. The Balaban J connectivity index is 3.95. The Bertz CT molecular complexity index is 353. The van der Waals surface area contributed by atoms with Crippen molar-refractivity contribution < 1.29 is 23.1 Å². The van der Waals surface area contributed by atoms with Gasteiger partial charge < -0.3 is 16.2 Å². The minimum absolute atomic E-state index is 0.116. The van der Waals surface area contributed by atoms with Crippen molar-refractivity contribution in [3.8, 4) is 0 Å². The monoisotopic (exact) mass is 253 g/mol. The summed E-state index contributed by atoms with van der Waals surface area (Å²) in [5.41, 5.74) is 5.24. The van der Waals surface area contributed by atoms with Gasteiger partial charge in [0.25, 0.3) is 0 Å². The van der Waals surface area contributed by atoms with Gasteiger partial charge in [-0.05, 0) is 7.05 Å². The quantitative estimate of drug-likeness (QED) is 0.394. The second-order valence-electron chi connectivity index (χ2n) is 3.02. The Morgan fingerprint density at radius 3 is 2.44 bits per heavy atom. The van der Waals surface area contributed by atoms with Crippen LogP contribution in [-0.2, 0) is 19.6 Å². The molecule has 0 aliphatic carbocycles. The zero-order valence-electron chi connectivity index (χ0n) is 8.76. The molecule has 5 N–H and O–H groups in total. The van der Waals surface area contributed by atoms with E-state index < -0.39 is 34.4 Å². The Labute approximate surface area is 93.2 Å². The largest absolute Gasteiger partial charge is 0.481 e. The third kappa shape index (κ3) is 6.32. The molecule has 1 atom stereocenters. The van der Waals surface area contributed by atoms with Gasteiger partial charge in [-0.1, -0.05) is 0 Å². The number of carbonyl (C=O) groups is 2. The van der Waals surface area contributed by atoms with Crippen molar-refractivity contribution in [3.05, 3.63) is 0 Å². The summed E-state index contributed by atoms with van der Waals surface area (Å²) < 4.78 is 24.0. The number of amides is 1. The van der Waals surface area contributed by atoms with Crippen LogP contribution in [0.25, 0.3) is 0 Å². The lowest BCUT2D eigenvalue weighted by atomic mass is 10.2.